The predicted octanol–water partition coefficient (Wildman–Crippen LogP) is 1.64. The molecule has 1 saturated heterocycles. The van der Waals surface area contributed by atoms with E-state index in [0.717, 1.165) is 24.8 Å². The monoisotopic (exact) mass is 478 g/mol. The molecular weight excluding hydrogens is 440 g/mol. The third kappa shape index (κ3) is 6.38. The molecule has 1 aromatic rings. The molecule has 3 rings (SSSR count). The van der Waals surface area contributed by atoms with E-state index < -0.39 is 16.1 Å². The summed E-state index contributed by atoms with van der Waals surface area (Å²) >= 11 is 0. The lowest BCUT2D eigenvalue weighted by atomic mass is 9.92. The van der Waals surface area contributed by atoms with Crippen molar-refractivity contribution in [1.82, 2.24) is 9.62 Å². The first-order chi connectivity index (χ1) is 15.6. The number of nitrogens with one attached hydrogen (secondary N) is 2. The number of nitrogens with two attached hydrogens (primary N) is 2. The molecule has 10 heteroatoms. The van der Waals surface area contributed by atoms with Gasteiger partial charge in [-0.1, -0.05) is 26.0 Å². The van der Waals surface area contributed by atoms with Crippen molar-refractivity contribution < 1.29 is 13.2 Å². The van der Waals surface area contributed by atoms with Gasteiger partial charge in [0.2, 0.25) is 15.9 Å². The van der Waals surface area contributed by atoms with E-state index in [9.17, 15) is 13.2 Å². The number of rotatable bonds is 8. The van der Waals surface area contributed by atoms with Gasteiger partial charge in [0.05, 0.1) is 5.69 Å². The van der Waals surface area contributed by atoms with Gasteiger partial charge in [-0.25, -0.2) is 8.42 Å². The lowest BCUT2D eigenvalue weighted by molar-refractivity contribution is -0.137. The number of hydrogen-bond acceptors (Lipinski definition) is 5. The van der Waals surface area contributed by atoms with Crippen LogP contribution in [0.4, 0.5) is 5.69 Å². The smallest absolute Gasteiger partial charge is 0.243 e. The summed E-state index contributed by atoms with van der Waals surface area (Å²) in [7, 11) is -3.93. The van der Waals surface area contributed by atoms with Crippen LogP contribution in [0.1, 0.15) is 52.0 Å². The van der Waals surface area contributed by atoms with Crippen molar-refractivity contribution in [1.29, 1.82) is 0 Å². The average Bonchev–Trinajstić information content (AvgIpc) is 2.74. The SMILES string of the molecule is CC1CNc2c(cccc2S(=O)(=O)NC(CCCN=C(N)N)C(=O)N2CCC(C)CC2C)C1. The maximum atomic E-state index is 13.5. The number of nitrogens with zero attached hydrogens (tertiary/aromatic N) is 2. The molecule has 33 heavy (non-hydrogen) atoms. The Bertz CT molecular complexity index is 976. The van der Waals surface area contributed by atoms with Crippen molar-refractivity contribution in [3.05, 3.63) is 23.8 Å². The molecule has 9 nitrogen and oxygen atoms in total. The second kappa shape index (κ2) is 10.7. The molecule has 2 aliphatic heterocycles. The van der Waals surface area contributed by atoms with Crippen LogP contribution in [0.5, 0.6) is 0 Å². The number of carbonyl (C=O) groups is 1. The van der Waals surface area contributed by atoms with Gasteiger partial charge in [0, 0.05) is 25.7 Å². The number of anilines is 1. The van der Waals surface area contributed by atoms with E-state index in [-0.39, 0.29) is 22.8 Å². The maximum Gasteiger partial charge on any atom is 0.243 e. The molecule has 184 valence electrons. The van der Waals surface area contributed by atoms with Crippen LogP contribution in [0.25, 0.3) is 0 Å². The third-order valence-corrected chi connectivity index (χ3v) is 8.07. The Labute approximate surface area is 197 Å². The van der Waals surface area contributed by atoms with Crippen LogP contribution in [0.3, 0.4) is 0 Å². The van der Waals surface area contributed by atoms with Crippen molar-refractivity contribution in [3.8, 4) is 0 Å². The van der Waals surface area contributed by atoms with Crippen LogP contribution in [0, 0.1) is 11.8 Å². The minimum Gasteiger partial charge on any atom is -0.383 e. The summed E-state index contributed by atoms with van der Waals surface area (Å²) in [5.41, 5.74) is 12.4. The highest BCUT2D eigenvalue weighted by molar-refractivity contribution is 7.89. The Hall–Kier alpha value is -2.33. The number of sulfonamides is 1. The van der Waals surface area contributed by atoms with Gasteiger partial charge in [0.1, 0.15) is 10.9 Å². The number of benzene rings is 1. The molecule has 0 radical (unpaired) electrons. The van der Waals surface area contributed by atoms with E-state index in [0.29, 0.717) is 50.0 Å². The lowest BCUT2D eigenvalue weighted by Crippen LogP contribution is -2.53. The van der Waals surface area contributed by atoms with Gasteiger partial charge in [-0.15, -0.1) is 0 Å². The molecule has 2 aliphatic rings. The van der Waals surface area contributed by atoms with Crippen molar-refractivity contribution in [2.75, 3.05) is 25.0 Å². The molecule has 1 fully saturated rings. The van der Waals surface area contributed by atoms with E-state index in [1.165, 1.54) is 0 Å². The number of carbonyl (C=O) groups excluding carboxylic acids is 1. The summed E-state index contributed by atoms with van der Waals surface area (Å²) in [5, 5.41) is 3.27. The zero-order valence-electron chi connectivity index (χ0n) is 19.9. The van der Waals surface area contributed by atoms with Crippen LogP contribution < -0.4 is 21.5 Å². The van der Waals surface area contributed by atoms with Crippen LogP contribution in [-0.2, 0) is 21.2 Å². The predicted molar refractivity (Wildman–Crippen MR) is 131 cm³/mol. The molecule has 4 atom stereocenters. The van der Waals surface area contributed by atoms with Gasteiger partial charge >= 0.3 is 0 Å². The summed E-state index contributed by atoms with van der Waals surface area (Å²) in [4.78, 5) is 19.5. The van der Waals surface area contributed by atoms with E-state index in [4.69, 9.17) is 11.5 Å². The van der Waals surface area contributed by atoms with Gasteiger partial charge < -0.3 is 21.7 Å². The van der Waals surface area contributed by atoms with Crippen LogP contribution in [-0.4, -0.2) is 56.9 Å². The minimum atomic E-state index is -3.93. The van der Waals surface area contributed by atoms with E-state index in [1.807, 2.05) is 17.9 Å². The maximum absolute atomic E-state index is 13.5. The fraction of sp³-hybridized carbons (Fsp3) is 0.652. The summed E-state index contributed by atoms with van der Waals surface area (Å²) in [6, 6.07) is 4.50. The number of piperidine rings is 1. The number of fused-ring (bicyclic) bond motifs is 1. The van der Waals surface area contributed by atoms with Gasteiger partial charge in [-0.3, -0.25) is 9.79 Å². The standard InChI is InChI=1S/C23H38N6O3S/c1-15-9-11-29(17(3)12-15)22(30)19(7-5-10-26-23(24)25)28-33(31,32)20-8-4-6-18-13-16(2)14-27-21(18)20/h4,6,8,15-17,19,27-28H,5,7,9-14H2,1-3H3,(H4,24,25,26). The first kappa shape index (κ1) is 25.3. The molecule has 0 spiro atoms. The molecule has 4 unspecified atom stereocenters. The highest BCUT2D eigenvalue weighted by Gasteiger charge is 2.35. The van der Waals surface area contributed by atoms with Crippen LogP contribution >= 0.6 is 0 Å². The Morgan fingerprint density at radius 1 is 1.27 bits per heavy atom. The number of hydrogen-bond donors (Lipinski definition) is 4. The summed E-state index contributed by atoms with van der Waals surface area (Å²) < 4.78 is 29.7. The molecule has 0 saturated carbocycles. The lowest BCUT2D eigenvalue weighted by Gasteiger charge is -2.38. The summed E-state index contributed by atoms with van der Waals surface area (Å²) in [5.74, 6) is 0.768. The second-order valence-corrected chi connectivity index (χ2v) is 11.3. The first-order valence-corrected chi connectivity index (χ1v) is 13.3. The molecule has 2 heterocycles. The van der Waals surface area contributed by atoms with Crippen molar-refractivity contribution in [2.24, 2.45) is 28.3 Å². The number of guanidine groups is 1. The van der Waals surface area contributed by atoms with Crippen LogP contribution in [0.2, 0.25) is 0 Å². The number of aliphatic imine (C=N–C) groups is 1. The Morgan fingerprint density at radius 2 is 2.03 bits per heavy atom. The van der Waals surface area contributed by atoms with Crippen molar-refractivity contribution in [3.63, 3.8) is 0 Å². The van der Waals surface area contributed by atoms with Gasteiger partial charge in [0.25, 0.3) is 0 Å². The second-order valence-electron chi connectivity index (χ2n) is 9.61. The first-order valence-electron chi connectivity index (χ1n) is 11.8. The molecule has 1 aromatic carbocycles. The molecule has 6 N–H and O–H groups in total. The van der Waals surface area contributed by atoms with E-state index in [1.54, 1.807) is 12.1 Å². The van der Waals surface area contributed by atoms with Gasteiger partial charge in [-0.2, -0.15) is 4.72 Å². The van der Waals surface area contributed by atoms with Crippen LogP contribution in [0.15, 0.2) is 28.1 Å². The highest BCUT2D eigenvalue weighted by Crippen LogP contribution is 2.31. The number of amides is 1. The Balaban J connectivity index is 1.83. The summed E-state index contributed by atoms with van der Waals surface area (Å²) in [6.07, 6.45) is 3.44. The quantitative estimate of drug-likeness (QED) is 0.254. The van der Waals surface area contributed by atoms with Crippen molar-refractivity contribution >= 4 is 27.6 Å². The topological polar surface area (TPSA) is 143 Å². The fourth-order valence-electron chi connectivity index (χ4n) is 4.82. The Morgan fingerprint density at radius 3 is 2.73 bits per heavy atom. The zero-order valence-corrected chi connectivity index (χ0v) is 20.7. The molecule has 0 aliphatic carbocycles. The highest BCUT2D eigenvalue weighted by atomic mass is 32.2. The van der Waals surface area contributed by atoms with Gasteiger partial charge in [0.15, 0.2) is 5.96 Å². The number of para-hydroxylation sites is 1. The number of likely N-dealkylation sites (tertiary alicyclic amines) is 1. The molecule has 0 bridgehead atoms. The largest absolute Gasteiger partial charge is 0.383 e. The molecule has 0 aromatic heterocycles. The zero-order chi connectivity index (χ0) is 24.2. The minimum absolute atomic E-state index is 0.0201. The van der Waals surface area contributed by atoms with E-state index >= 15 is 0 Å². The third-order valence-electron chi connectivity index (χ3n) is 6.56. The Kier molecular flexibility index (Phi) is 8.23. The summed E-state index contributed by atoms with van der Waals surface area (Å²) in [6.45, 7) is 8.01. The molecular formula is C23H38N6O3S. The van der Waals surface area contributed by atoms with E-state index in [2.05, 4.69) is 28.9 Å². The normalized spacial score (nSPS) is 23.8. The van der Waals surface area contributed by atoms with Gasteiger partial charge in [-0.05, 0) is 62.5 Å². The van der Waals surface area contributed by atoms with Crippen molar-refractivity contribution in [2.45, 2.75) is 69.9 Å². The fourth-order valence-corrected chi connectivity index (χ4v) is 6.27. The molecule has 1 amide bonds. The average molecular weight is 479 g/mol.